The summed E-state index contributed by atoms with van der Waals surface area (Å²) in [6.45, 7) is 2.59. The lowest BCUT2D eigenvalue weighted by atomic mass is 10.1. The van der Waals surface area contributed by atoms with Gasteiger partial charge in [-0.3, -0.25) is 9.59 Å². The van der Waals surface area contributed by atoms with Crippen molar-refractivity contribution in [2.75, 3.05) is 18.0 Å². The standard InChI is InChI=1S/C24H21ClN2O3/c1-17-23(28)27(16-15-26(17)24(29)21-9-5-6-10-22(21)25)18-11-13-20(14-12-18)30-19-7-3-2-4-8-19/h2-14,17H,15-16H2,1H3. The Morgan fingerprint density at radius 3 is 2.23 bits per heavy atom. The molecule has 6 heteroatoms. The molecular weight excluding hydrogens is 400 g/mol. The number of ether oxygens (including phenoxy) is 1. The molecule has 3 aromatic rings. The first-order chi connectivity index (χ1) is 14.5. The van der Waals surface area contributed by atoms with Gasteiger partial charge in [0.1, 0.15) is 17.5 Å². The number of para-hydroxylation sites is 1. The molecule has 0 radical (unpaired) electrons. The molecule has 1 aliphatic heterocycles. The van der Waals surface area contributed by atoms with Gasteiger partial charge in [0, 0.05) is 18.8 Å². The van der Waals surface area contributed by atoms with E-state index in [2.05, 4.69) is 0 Å². The number of carbonyl (C=O) groups excluding carboxylic acids is 2. The van der Waals surface area contributed by atoms with E-state index in [1.807, 2.05) is 54.6 Å². The normalized spacial score (nSPS) is 16.5. The highest BCUT2D eigenvalue weighted by atomic mass is 35.5. The van der Waals surface area contributed by atoms with Crippen molar-refractivity contribution in [1.29, 1.82) is 0 Å². The van der Waals surface area contributed by atoms with Crippen molar-refractivity contribution in [1.82, 2.24) is 4.90 Å². The molecule has 152 valence electrons. The zero-order valence-electron chi connectivity index (χ0n) is 16.5. The van der Waals surface area contributed by atoms with Gasteiger partial charge in [0.05, 0.1) is 10.6 Å². The van der Waals surface area contributed by atoms with Crippen LogP contribution in [0.3, 0.4) is 0 Å². The minimum absolute atomic E-state index is 0.126. The molecule has 1 fully saturated rings. The molecule has 2 amide bonds. The second kappa shape index (κ2) is 8.59. The molecule has 0 N–H and O–H groups in total. The summed E-state index contributed by atoms with van der Waals surface area (Å²) in [5, 5.41) is 0.388. The molecule has 1 aliphatic rings. The van der Waals surface area contributed by atoms with Gasteiger partial charge in [-0.15, -0.1) is 0 Å². The lowest BCUT2D eigenvalue weighted by Crippen LogP contribution is -2.57. The summed E-state index contributed by atoms with van der Waals surface area (Å²) in [7, 11) is 0. The van der Waals surface area contributed by atoms with Gasteiger partial charge in [0.15, 0.2) is 0 Å². The van der Waals surface area contributed by atoms with Crippen LogP contribution >= 0.6 is 11.6 Å². The molecule has 0 spiro atoms. The van der Waals surface area contributed by atoms with Gasteiger partial charge in [-0.05, 0) is 55.5 Å². The topological polar surface area (TPSA) is 49.9 Å². The quantitative estimate of drug-likeness (QED) is 0.596. The van der Waals surface area contributed by atoms with Crippen LogP contribution in [0.25, 0.3) is 0 Å². The first-order valence-electron chi connectivity index (χ1n) is 9.74. The van der Waals surface area contributed by atoms with Gasteiger partial charge >= 0.3 is 0 Å². The fourth-order valence-corrected chi connectivity index (χ4v) is 3.73. The second-order valence-corrected chi connectivity index (χ2v) is 7.46. The van der Waals surface area contributed by atoms with E-state index in [0.29, 0.717) is 29.4 Å². The number of halogens is 1. The van der Waals surface area contributed by atoms with Crippen LogP contribution < -0.4 is 9.64 Å². The molecular formula is C24H21ClN2O3. The highest BCUT2D eigenvalue weighted by Crippen LogP contribution is 2.27. The van der Waals surface area contributed by atoms with Crippen molar-refractivity contribution in [3.8, 4) is 11.5 Å². The molecule has 0 aromatic heterocycles. The van der Waals surface area contributed by atoms with Gasteiger partial charge in [-0.1, -0.05) is 41.9 Å². The first kappa shape index (κ1) is 20.0. The number of amides is 2. The van der Waals surface area contributed by atoms with E-state index >= 15 is 0 Å². The Morgan fingerprint density at radius 1 is 0.900 bits per heavy atom. The molecule has 1 heterocycles. The zero-order valence-corrected chi connectivity index (χ0v) is 17.3. The van der Waals surface area contributed by atoms with Crippen LogP contribution in [-0.4, -0.2) is 35.8 Å². The minimum Gasteiger partial charge on any atom is -0.457 e. The number of hydrogen-bond acceptors (Lipinski definition) is 3. The Kier molecular flexibility index (Phi) is 5.72. The van der Waals surface area contributed by atoms with Crippen molar-refractivity contribution in [2.45, 2.75) is 13.0 Å². The van der Waals surface area contributed by atoms with Crippen molar-refractivity contribution < 1.29 is 14.3 Å². The number of piperazine rings is 1. The average Bonchev–Trinajstić information content (AvgIpc) is 2.77. The number of benzene rings is 3. The molecule has 3 aromatic carbocycles. The van der Waals surface area contributed by atoms with E-state index in [1.165, 1.54) is 0 Å². The summed E-state index contributed by atoms with van der Waals surface area (Å²) in [5.41, 5.74) is 1.19. The fraction of sp³-hybridized carbons (Fsp3) is 0.167. The molecule has 30 heavy (non-hydrogen) atoms. The van der Waals surface area contributed by atoms with E-state index in [1.54, 1.807) is 41.0 Å². The van der Waals surface area contributed by atoms with E-state index in [0.717, 1.165) is 11.4 Å². The maximum Gasteiger partial charge on any atom is 0.256 e. The van der Waals surface area contributed by atoms with Gasteiger partial charge in [-0.2, -0.15) is 0 Å². The largest absolute Gasteiger partial charge is 0.457 e. The minimum atomic E-state index is -0.581. The maximum absolute atomic E-state index is 13.0. The second-order valence-electron chi connectivity index (χ2n) is 7.05. The Hall–Kier alpha value is -3.31. The van der Waals surface area contributed by atoms with E-state index in [9.17, 15) is 9.59 Å². The third kappa shape index (κ3) is 4.02. The average molecular weight is 421 g/mol. The summed E-state index contributed by atoms with van der Waals surface area (Å²) in [4.78, 5) is 29.2. The molecule has 1 saturated heterocycles. The molecule has 1 unspecified atom stereocenters. The van der Waals surface area contributed by atoms with Gasteiger partial charge in [0.25, 0.3) is 5.91 Å². The summed E-state index contributed by atoms with van der Waals surface area (Å²) < 4.78 is 5.81. The summed E-state index contributed by atoms with van der Waals surface area (Å²) >= 11 is 6.17. The number of carbonyl (C=O) groups is 2. The van der Waals surface area contributed by atoms with Crippen LogP contribution in [0, 0.1) is 0 Å². The van der Waals surface area contributed by atoms with Gasteiger partial charge in [0.2, 0.25) is 5.91 Å². The van der Waals surface area contributed by atoms with E-state index in [-0.39, 0.29) is 11.8 Å². The Morgan fingerprint density at radius 2 is 1.53 bits per heavy atom. The highest BCUT2D eigenvalue weighted by molar-refractivity contribution is 6.33. The number of nitrogens with zero attached hydrogens (tertiary/aromatic N) is 2. The van der Waals surface area contributed by atoms with E-state index < -0.39 is 6.04 Å². The third-order valence-corrected chi connectivity index (χ3v) is 5.48. The number of hydrogen-bond donors (Lipinski definition) is 0. The summed E-state index contributed by atoms with van der Waals surface area (Å²) in [6, 6.07) is 23.2. The Balaban J connectivity index is 1.46. The summed E-state index contributed by atoms with van der Waals surface area (Å²) in [5.74, 6) is 1.09. The molecule has 4 rings (SSSR count). The first-order valence-corrected chi connectivity index (χ1v) is 10.1. The monoisotopic (exact) mass is 420 g/mol. The van der Waals surface area contributed by atoms with Crippen LogP contribution in [0.2, 0.25) is 5.02 Å². The van der Waals surface area contributed by atoms with Crippen molar-refractivity contribution in [3.63, 3.8) is 0 Å². The molecule has 0 aliphatic carbocycles. The van der Waals surface area contributed by atoms with E-state index in [4.69, 9.17) is 16.3 Å². The predicted octanol–water partition coefficient (Wildman–Crippen LogP) is 5.01. The van der Waals surface area contributed by atoms with Gasteiger partial charge < -0.3 is 14.5 Å². The van der Waals surface area contributed by atoms with Crippen LogP contribution in [0.1, 0.15) is 17.3 Å². The van der Waals surface area contributed by atoms with Crippen LogP contribution in [0.4, 0.5) is 5.69 Å². The molecule has 5 nitrogen and oxygen atoms in total. The Bertz CT molecular complexity index is 1050. The lowest BCUT2D eigenvalue weighted by molar-refractivity contribution is -0.124. The lowest BCUT2D eigenvalue weighted by Gasteiger charge is -2.39. The summed E-state index contributed by atoms with van der Waals surface area (Å²) in [6.07, 6.45) is 0. The van der Waals surface area contributed by atoms with Crippen molar-refractivity contribution in [2.24, 2.45) is 0 Å². The molecule has 0 bridgehead atoms. The van der Waals surface area contributed by atoms with Crippen LogP contribution in [0.5, 0.6) is 11.5 Å². The SMILES string of the molecule is CC1C(=O)N(c2ccc(Oc3ccccc3)cc2)CCN1C(=O)c1ccccc1Cl. The van der Waals surface area contributed by atoms with Crippen molar-refractivity contribution >= 4 is 29.1 Å². The molecule has 0 saturated carbocycles. The predicted molar refractivity (Wildman–Crippen MR) is 117 cm³/mol. The number of rotatable bonds is 4. The molecule has 1 atom stereocenters. The fourth-order valence-electron chi connectivity index (χ4n) is 3.51. The zero-order chi connectivity index (χ0) is 21.1. The Labute approximate surface area is 180 Å². The van der Waals surface area contributed by atoms with Crippen LogP contribution in [0.15, 0.2) is 78.9 Å². The van der Waals surface area contributed by atoms with Gasteiger partial charge in [-0.25, -0.2) is 0 Å². The van der Waals surface area contributed by atoms with Crippen molar-refractivity contribution in [3.05, 3.63) is 89.4 Å². The maximum atomic E-state index is 13.0. The number of anilines is 1. The van der Waals surface area contributed by atoms with Crippen LogP contribution in [-0.2, 0) is 4.79 Å². The third-order valence-electron chi connectivity index (χ3n) is 5.15. The smallest absolute Gasteiger partial charge is 0.256 e. The highest BCUT2D eigenvalue weighted by Gasteiger charge is 2.35.